The van der Waals surface area contributed by atoms with Gasteiger partial charge in [0.05, 0.1) is 18.1 Å². The van der Waals surface area contributed by atoms with Crippen molar-refractivity contribution < 1.29 is 0 Å². The van der Waals surface area contributed by atoms with Crippen LogP contribution in [0.1, 0.15) is 63.6 Å². The van der Waals surface area contributed by atoms with Crippen LogP contribution in [0, 0.1) is 0 Å². The minimum atomic E-state index is 0.247. The van der Waals surface area contributed by atoms with Crippen molar-refractivity contribution in [1.82, 2.24) is 14.9 Å². The van der Waals surface area contributed by atoms with E-state index in [-0.39, 0.29) is 6.04 Å². The highest BCUT2D eigenvalue weighted by molar-refractivity contribution is 5.06. The maximum Gasteiger partial charge on any atom is 0.0948 e. The SMILES string of the molecule is CCCn1cncc1C(CN)NC1CCCCCC1. The summed E-state index contributed by atoms with van der Waals surface area (Å²) >= 11 is 0. The second kappa shape index (κ2) is 7.65. The lowest BCUT2D eigenvalue weighted by molar-refractivity contribution is 0.389. The van der Waals surface area contributed by atoms with Crippen molar-refractivity contribution in [3.8, 4) is 0 Å². The molecule has 0 bridgehead atoms. The van der Waals surface area contributed by atoms with Gasteiger partial charge in [0, 0.05) is 25.3 Å². The zero-order valence-corrected chi connectivity index (χ0v) is 12.1. The summed E-state index contributed by atoms with van der Waals surface area (Å²) < 4.78 is 2.24. The molecule has 0 spiro atoms. The summed E-state index contributed by atoms with van der Waals surface area (Å²) in [4.78, 5) is 4.29. The summed E-state index contributed by atoms with van der Waals surface area (Å²) in [7, 11) is 0. The fraction of sp³-hybridized carbons (Fsp3) is 0.800. The average molecular weight is 264 g/mol. The van der Waals surface area contributed by atoms with Crippen molar-refractivity contribution in [2.45, 2.75) is 70.5 Å². The molecule has 0 aliphatic heterocycles. The third kappa shape index (κ3) is 4.05. The number of hydrogen-bond donors (Lipinski definition) is 2. The highest BCUT2D eigenvalue weighted by atomic mass is 15.1. The number of aromatic nitrogens is 2. The maximum absolute atomic E-state index is 5.98. The molecule has 0 saturated heterocycles. The van der Waals surface area contributed by atoms with Crippen LogP contribution in [0.15, 0.2) is 12.5 Å². The summed E-state index contributed by atoms with van der Waals surface area (Å²) in [5.74, 6) is 0. The predicted octanol–water partition coefficient (Wildman–Crippen LogP) is 2.61. The largest absolute Gasteiger partial charge is 0.333 e. The molecule has 1 aromatic rings. The van der Waals surface area contributed by atoms with Gasteiger partial charge in [-0.1, -0.05) is 32.6 Å². The predicted molar refractivity (Wildman–Crippen MR) is 78.9 cm³/mol. The van der Waals surface area contributed by atoms with Gasteiger partial charge in [-0.15, -0.1) is 0 Å². The summed E-state index contributed by atoms with van der Waals surface area (Å²) in [6, 6.07) is 0.873. The van der Waals surface area contributed by atoms with E-state index < -0.39 is 0 Å². The lowest BCUT2D eigenvalue weighted by Gasteiger charge is -2.24. The lowest BCUT2D eigenvalue weighted by atomic mass is 10.1. The topological polar surface area (TPSA) is 55.9 Å². The summed E-state index contributed by atoms with van der Waals surface area (Å²) in [6.45, 7) is 3.87. The molecule has 0 aromatic carbocycles. The Labute approximate surface area is 116 Å². The smallest absolute Gasteiger partial charge is 0.0948 e. The fourth-order valence-corrected chi connectivity index (χ4v) is 3.05. The van der Waals surface area contributed by atoms with Gasteiger partial charge in [-0.25, -0.2) is 4.98 Å². The zero-order chi connectivity index (χ0) is 13.5. The molecule has 1 aromatic heterocycles. The van der Waals surface area contributed by atoms with Crippen LogP contribution < -0.4 is 11.1 Å². The molecule has 1 fully saturated rings. The van der Waals surface area contributed by atoms with E-state index in [0.717, 1.165) is 13.0 Å². The van der Waals surface area contributed by atoms with E-state index in [4.69, 9.17) is 5.73 Å². The molecule has 1 atom stereocenters. The van der Waals surface area contributed by atoms with Gasteiger partial charge in [-0.05, 0) is 19.3 Å². The molecular formula is C15H28N4. The first-order valence-corrected chi connectivity index (χ1v) is 7.81. The number of aryl methyl sites for hydroxylation is 1. The van der Waals surface area contributed by atoms with Crippen LogP contribution >= 0.6 is 0 Å². The quantitative estimate of drug-likeness (QED) is 0.777. The Bertz CT molecular complexity index is 353. The van der Waals surface area contributed by atoms with E-state index in [1.807, 2.05) is 12.5 Å². The molecule has 0 radical (unpaired) electrons. The van der Waals surface area contributed by atoms with E-state index in [2.05, 4.69) is 21.8 Å². The van der Waals surface area contributed by atoms with Crippen molar-refractivity contribution in [2.75, 3.05) is 6.54 Å². The molecule has 1 saturated carbocycles. The van der Waals surface area contributed by atoms with E-state index >= 15 is 0 Å². The van der Waals surface area contributed by atoms with Gasteiger partial charge in [0.2, 0.25) is 0 Å². The first kappa shape index (κ1) is 14.5. The number of hydrogen-bond acceptors (Lipinski definition) is 3. The number of nitrogens with one attached hydrogen (secondary N) is 1. The van der Waals surface area contributed by atoms with Crippen molar-refractivity contribution in [1.29, 1.82) is 0 Å². The first-order valence-electron chi connectivity index (χ1n) is 7.81. The Morgan fingerprint density at radius 3 is 2.74 bits per heavy atom. The Morgan fingerprint density at radius 2 is 2.11 bits per heavy atom. The van der Waals surface area contributed by atoms with Crippen molar-refractivity contribution in [3.63, 3.8) is 0 Å². The number of nitrogens with zero attached hydrogens (tertiary/aromatic N) is 2. The standard InChI is InChI=1S/C15H28N4/c1-2-9-19-12-17-11-15(19)14(10-16)18-13-7-5-3-4-6-8-13/h11-14,18H,2-10,16H2,1H3. The third-order valence-electron chi connectivity index (χ3n) is 4.09. The van der Waals surface area contributed by atoms with Gasteiger partial charge < -0.3 is 15.6 Å². The number of rotatable bonds is 6. The molecule has 0 amide bonds. The third-order valence-corrected chi connectivity index (χ3v) is 4.09. The Morgan fingerprint density at radius 1 is 1.37 bits per heavy atom. The molecule has 1 aliphatic carbocycles. The molecule has 4 nitrogen and oxygen atoms in total. The molecule has 1 aliphatic rings. The van der Waals surface area contributed by atoms with Gasteiger partial charge in [-0.2, -0.15) is 0 Å². The highest BCUT2D eigenvalue weighted by Gasteiger charge is 2.19. The van der Waals surface area contributed by atoms with E-state index in [1.165, 1.54) is 44.2 Å². The second-order valence-electron chi connectivity index (χ2n) is 5.66. The molecule has 2 rings (SSSR count). The summed E-state index contributed by atoms with van der Waals surface area (Å²) in [6.07, 6.45) is 13.1. The van der Waals surface area contributed by atoms with Crippen LogP contribution in [0.2, 0.25) is 0 Å². The zero-order valence-electron chi connectivity index (χ0n) is 12.1. The normalized spacial score (nSPS) is 19.3. The molecule has 3 N–H and O–H groups in total. The monoisotopic (exact) mass is 264 g/mol. The highest BCUT2D eigenvalue weighted by Crippen LogP contribution is 2.21. The van der Waals surface area contributed by atoms with Gasteiger partial charge in [0.15, 0.2) is 0 Å². The molecule has 1 heterocycles. The van der Waals surface area contributed by atoms with Crippen molar-refractivity contribution in [3.05, 3.63) is 18.2 Å². The lowest BCUT2D eigenvalue weighted by Crippen LogP contribution is -2.37. The average Bonchev–Trinajstić information content (AvgIpc) is 2.72. The van der Waals surface area contributed by atoms with Crippen LogP contribution in [0.3, 0.4) is 0 Å². The molecule has 19 heavy (non-hydrogen) atoms. The molecule has 4 heteroatoms. The Hall–Kier alpha value is -0.870. The van der Waals surface area contributed by atoms with E-state index in [9.17, 15) is 0 Å². The van der Waals surface area contributed by atoms with Gasteiger partial charge in [0.1, 0.15) is 0 Å². The molecule has 1 unspecified atom stereocenters. The first-order chi connectivity index (χ1) is 9.35. The Kier molecular flexibility index (Phi) is 5.86. The minimum Gasteiger partial charge on any atom is -0.333 e. The van der Waals surface area contributed by atoms with Crippen LogP contribution in [0.4, 0.5) is 0 Å². The van der Waals surface area contributed by atoms with Gasteiger partial charge in [-0.3, -0.25) is 0 Å². The van der Waals surface area contributed by atoms with Crippen LogP contribution in [0.5, 0.6) is 0 Å². The Balaban J connectivity index is 1.99. The van der Waals surface area contributed by atoms with Crippen molar-refractivity contribution >= 4 is 0 Å². The number of nitrogens with two attached hydrogens (primary N) is 1. The van der Waals surface area contributed by atoms with Crippen LogP contribution in [-0.4, -0.2) is 22.1 Å². The maximum atomic E-state index is 5.98. The van der Waals surface area contributed by atoms with E-state index in [0.29, 0.717) is 12.6 Å². The molecule has 108 valence electrons. The van der Waals surface area contributed by atoms with E-state index in [1.54, 1.807) is 0 Å². The van der Waals surface area contributed by atoms with Crippen LogP contribution in [-0.2, 0) is 6.54 Å². The van der Waals surface area contributed by atoms with Gasteiger partial charge in [0.25, 0.3) is 0 Å². The van der Waals surface area contributed by atoms with Crippen LogP contribution in [0.25, 0.3) is 0 Å². The summed E-state index contributed by atoms with van der Waals surface area (Å²) in [5.41, 5.74) is 7.23. The fourth-order valence-electron chi connectivity index (χ4n) is 3.05. The second-order valence-corrected chi connectivity index (χ2v) is 5.66. The summed E-state index contributed by atoms with van der Waals surface area (Å²) in [5, 5.41) is 3.76. The van der Waals surface area contributed by atoms with Gasteiger partial charge >= 0.3 is 0 Å². The molecular weight excluding hydrogens is 236 g/mol. The number of imidazole rings is 1. The van der Waals surface area contributed by atoms with Crippen molar-refractivity contribution in [2.24, 2.45) is 5.73 Å². The minimum absolute atomic E-state index is 0.247.